The highest BCUT2D eigenvalue weighted by atomic mass is 32.2. The first-order valence-electron chi connectivity index (χ1n) is 3.57. The lowest BCUT2D eigenvalue weighted by Gasteiger charge is -2.07. The lowest BCUT2D eigenvalue weighted by Crippen LogP contribution is -2.24. The molecule has 0 aliphatic carbocycles. The van der Waals surface area contributed by atoms with Gasteiger partial charge in [-0.15, -0.1) is 0 Å². The van der Waals surface area contributed by atoms with E-state index >= 15 is 0 Å². The molecule has 1 aromatic heterocycles. The van der Waals surface area contributed by atoms with Crippen molar-refractivity contribution in [2.75, 3.05) is 5.73 Å². The number of anilines is 1. The first-order valence-corrected chi connectivity index (χ1v) is 5.11. The number of rotatable bonds is 2. The SMILES string of the molecule is Nc1c[nH]c(=O)c(C(F)F)c1S(N)(=O)=O. The first-order chi connectivity index (χ1) is 6.75. The molecular weight excluding hydrogens is 232 g/mol. The van der Waals surface area contributed by atoms with Crippen molar-refractivity contribution < 1.29 is 17.2 Å². The Morgan fingerprint density at radius 3 is 2.27 bits per heavy atom. The number of aromatic amines is 1. The molecule has 0 radical (unpaired) electrons. The number of H-pyrrole nitrogens is 1. The van der Waals surface area contributed by atoms with Gasteiger partial charge in [-0.05, 0) is 0 Å². The van der Waals surface area contributed by atoms with Gasteiger partial charge in [0.25, 0.3) is 12.0 Å². The van der Waals surface area contributed by atoms with Gasteiger partial charge in [-0.25, -0.2) is 22.3 Å². The van der Waals surface area contributed by atoms with Gasteiger partial charge in [0.1, 0.15) is 10.5 Å². The van der Waals surface area contributed by atoms with E-state index in [2.05, 4.69) is 5.14 Å². The van der Waals surface area contributed by atoms with Gasteiger partial charge in [-0.2, -0.15) is 0 Å². The maximum absolute atomic E-state index is 12.4. The topological polar surface area (TPSA) is 119 Å². The Kier molecular flexibility index (Phi) is 2.77. The van der Waals surface area contributed by atoms with Crippen LogP contribution in [-0.4, -0.2) is 13.4 Å². The van der Waals surface area contributed by atoms with Crippen LogP contribution in [-0.2, 0) is 10.0 Å². The summed E-state index contributed by atoms with van der Waals surface area (Å²) in [6, 6.07) is 0. The van der Waals surface area contributed by atoms with E-state index in [1.165, 1.54) is 0 Å². The van der Waals surface area contributed by atoms with Gasteiger partial charge in [0, 0.05) is 6.20 Å². The molecule has 1 rings (SSSR count). The highest BCUT2D eigenvalue weighted by molar-refractivity contribution is 7.89. The summed E-state index contributed by atoms with van der Waals surface area (Å²) in [5.74, 6) is 0. The third kappa shape index (κ3) is 2.13. The molecule has 0 bridgehead atoms. The monoisotopic (exact) mass is 239 g/mol. The van der Waals surface area contributed by atoms with Crippen molar-refractivity contribution in [2.24, 2.45) is 5.14 Å². The Balaban J connectivity index is 3.77. The minimum Gasteiger partial charge on any atom is -0.396 e. The molecular formula is C6H7F2N3O3S. The molecule has 0 saturated carbocycles. The summed E-state index contributed by atoms with van der Waals surface area (Å²) in [7, 11) is -4.46. The summed E-state index contributed by atoms with van der Waals surface area (Å²) in [6.45, 7) is 0. The van der Waals surface area contributed by atoms with Crippen LogP contribution in [0.25, 0.3) is 0 Å². The second-order valence-electron chi connectivity index (χ2n) is 2.66. The van der Waals surface area contributed by atoms with Crippen molar-refractivity contribution >= 4 is 15.7 Å². The molecule has 15 heavy (non-hydrogen) atoms. The minimum absolute atomic E-state index is 0.521. The Morgan fingerprint density at radius 2 is 1.93 bits per heavy atom. The van der Waals surface area contributed by atoms with E-state index in [0.29, 0.717) is 0 Å². The predicted molar refractivity (Wildman–Crippen MR) is 47.8 cm³/mol. The number of nitrogen functional groups attached to an aromatic ring is 1. The van der Waals surface area contributed by atoms with Crippen LogP contribution in [0.5, 0.6) is 0 Å². The maximum Gasteiger partial charge on any atom is 0.270 e. The average molecular weight is 239 g/mol. The molecule has 0 atom stereocenters. The van der Waals surface area contributed by atoms with Crippen molar-refractivity contribution in [2.45, 2.75) is 11.3 Å². The lowest BCUT2D eigenvalue weighted by molar-refractivity contribution is 0.146. The Morgan fingerprint density at radius 1 is 1.40 bits per heavy atom. The molecule has 0 saturated heterocycles. The van der Waals surface area contributed by atoms with Crippen molar-refractivity contribution in [3.63, 3.8) is 0 Å². The molecule has 0 aliphatic heterocycles. The standard InChI is InChI=1S/C6H7F2N3O3S/c7-5(8)3-4(15(10,13)14)2(9)1-11-6(3)12/h1,5H,9H2,(H,11,12)(H2,10,13,14). The first kappa shape index (κ1) is 11.6. The summed E-state index contributed by atoms with van der Waals surface area (Å²) in [5, 5.41) is 4.67. The zero-order chi connectivity index (χ0) is 11.8. The zero-order valence-electron chi connectivity index (χ0n) is 7.20. The van der Waals surface area contributed by atoms with Gasteiger partial charge in [0.05, 0.1) is 5.69 Å². The number of primary sulfonamides is 1. The van der Waals surface area contributed by atoms with Gasteiger partial charge in [0.15, 0.2) is 0 Å². The van der Waals surface area contributed by atoms with Crippen LogP contribution in [0.1, 0.15) is 12.0 Å². The molecule has 0 aromatic carbocycles. The summed E-state index contributed by atoms with van der Waals surface area (Å²) >= 11 is 0. The van der Waals surface area contributed by atoms with Gasteiger partial charge >= 0.3 is 0 Å². The van der Waals surface area contributed by atoms with Crippen LogP contribution in [0.3, 0.4) is 0 Å². The Labute approximate surface area is 82.9 Å². The highest BCUT2D eigenvalue weighted by Gasteiger charge is 2.26. The third-order valence-electron chi connectivity index (χ3n) is 1.61. The fourth-order valence-corrected chi connectivity index (χ4v) is 1.94. The molecule has 0 amide bonds. The molecule has 84 valence electrons. The van der Waals surface area contributed by atoms with Gasteiger partial charge in [-0.3, -0.25) is 4.79 Å². The highest BCUT2D eigenvalue weighted by Crippen LogP contribution is 2.25. The maximum atomic E-state index is 12.4. The van der Waals surface area contributed by atoms with Crippen molar-refractivity contribution in [1.82, 2.24) is 4.98 Å². The van der Waals surface area contributed by atoms with Crippen LogP contribution < -0.4 is 16.4 Å². The summed E-state index contributed by atoms with van der Waals surface area (Å²) in [4.78, 5) is 11.8. The van der Waals surface area contributed by atoms with E-state index in [1.807, 2.05) is 4.98 Å². The predicted octanol–water partition coefficient (Wildman–Crippen LogP) is -0.458. The van der Waals surface area contributed by atoms with Crippen LogP contribution in [0.15, 0.2) is 15.9 Å². The third-order valence-corrected chi connectivity index (χ3v) is 2.64. The van der Waals surface area contributed by atoms with E-state index in [0.717, 1.165) is 6.20 Å². The fourth-order valence-electron chi connectivity index (χ4n) is 1.06. The number of pyridine rings is 1. The molecule has 9 heteroatoms. The molecule has 0 aliphatic rings. The molecule has 1 heterocycles. The number of sulfonamides is 1. The summed E-state index contributed by atoms with van der Waals surface area (Å²) in [6.07, 6.45) is -2.47. The summed E-state index contributed by atoms with van der Waals surface area (Å²) in [5.41, 5.74) is 2.16. The minimum atomic E-state index is -4.46. The Bertz CT molecular complexity index is 537. The van der Waals surface area contributed by atoms with E-state index in [9.17, 15) is 22.0 Å². The molecule has 0 spiro atoms. The van der Waals surface area contributed by atoms with Crippen molar-refractivity contribution in [1.29, 1.82) is 0 Å². The van der Waals surface area contributed by atoms with Crippen LogP contribution in [0.2, 0.25) is 0 Å². The fraction of sp³-hybridized carbons (Fsp3) is 0.167. The number of hydrogen-bond acceptors (Lipinski definition) is 4. The van der Waals surface area contributed by atoms with Gasteiger partial charge in [0.2, 0.25) is 10.0 Å². The van der Waals surface area contributed by atoms with E-state index in [-0.39, 0.29) is 0 Å². The number of hydrogen-bond donors (Lipinski definition) is 3. The molecule has 0 unspecified atom stereocenters. The van der Waals surface area contributed by atoms with E-state index < -0.39 is 38.2 Å². The zero-order valence-corrected chi connectivity index (χ0v) is 8.01. The molecule has 0 fully saturated rings. The van der Waals surface area contributed by atoms with Gasteiger partial charge < -0.3 is 10.7 Å². The van der Waals surface area contributed by atoms with Crippen LogP contribution in [0, 0.1) is 0 Å². The number of aromatic nitrogens is 1. The molecule has 6 nitrogen and oxygen atoms in total. The van der Waals surface area contributed by atoms with E-state index in [1.54, 1.807) is 0 Å². The van der Waals surface area contributed by atoms with Crippen LogP contribution >= 0.6 is 0 Å². The quantitative estimate of drug-likeness (QED) is 0.647. The van der Waals surface area contributed by atoms with E-state index in [4.69, 9.17) is 5.73 Å². The Hall–Kier alpha value is -1.48. The van der Waals surface area contributed by atoms with Gasteiger partial charge in [-0.1, -0.05) is 0 Å². The largest absolute Gasteiger partial charge is 0.396 e. The number of halogens is 2. The van der Waals surface area contributed by atoms with Crippen molar-refractivity contribution in [3.05, 3.63) is 22.1 Å². The number of nitrogens with two attached hydrogens (primary N) is 2. The van der Waals surface area contributed by atoms with Crippen LogP contribution in [0.4, 0.5) is 14.5 Å². The summed E-state index contributed by atoms with van der Waals surface area (Å²) < 4.78 is 46.7. The molecule has 1 aromatic rings. The lowest BCUT2D eigenvalue weighted by atomic mass is 10.2. The second-order valence-corrected chi connectivity index (χ2v) is 4.16. The normalized spacial score (nSPS) is 12.0. The smallest absolute Gasteiger partial charge is 0.270 e. The van der Waals surface area contributed by atoms with Crippen molar-refractivity contribution in [3.8, 4) is 0 Å². The number of nitrogens with one attached hydrogen (secondary N) is 1. The second kappa shape index (κ2) is 3.59. The molecule has 5 N–H and O–H groups in total. The average Bonchev–Trinajstić information content (AvgIpc) is 2.05. The number of alkyl halides is 2.